The van der Waals surface area contributed by atoms with Gasteiger partial charge in [-0.2, -0.15) is 24.7 Å². The van der Waals surface area contributed by atoms with Gasteiger partial charge in [0.25, 0.3) is 5.95 Å². The Bertz CT molecular complexity index is 731. The molecular formula is C11H7BrClN7. The second kappa shape index (κ2) is 5.51. The molecule has 0 atom stereocenters. The Morgan fingerprint density at radius 3 is 2.75 bits per heavy atom. The average Bonchev–Trinajstić information content (AvgIpc) is 2.95. The normalized spacial score (nSPS) is 10.5. The predicted octanol–water partition coefficient (Wildman–Crippen LogP) is 2.61. The lowest BCUT2D eigenvalue weighted by atomic mass is 10.3. The summed E-state index contributed by atoms with van der Waals surface area (Å²) in [6.07, 6.45) is 2.87. The van der Waals surface area contributed by atoms with E-state index in [0.717, 1.165) is 10.2 Å². The topological polar surface area (TPSA) is 81.4 Å². The Morgan fingerprint density at radius 1 is 1.15 bits per heavy atom. The zero-order valence-corrected chi connectivity index (χ0v) is 12.2. The van der Waals surface area contributed by atoms with Crippen molar-refractivity contribution in [2.45, 2.75) is 0 Å². The van der Waals surface area contributed by atoms with E-state index in [4.69, 9.17) is 11.6 Å². The number of para-hydroxylation sites is 1. The number of halogens is 2. The number of hydrogen-bond donors (Lipinski definition) is 1. The first-order chi connectivity index (χ1) is 9.72. The minimum Gasteiger partial charge on any atom is -0.323 e. The maximum atomic E-state index is 5.90. The number of benzene rings is 1. The van der Waals surface area contributed by atoms with Gasteiger partial charge in [-0.25, -0.2) is 4.98 Å². The van der Waals surface area contributed by atoms with Gasteiger partial charge in [0.15, 0.2) is 0 Å². The van der Waals surface area contributed by atoms with Gasteiger partial charge < -0.3 is 5.32 Å². The molecule has 0 saturated heterocycles. The molecule has 0 aliphatic carbocycles. The van der Waals surface area contributed by atoms with E-state index in [1.165, 1.54) is 17.3 Å². The molecular weight excluding hydrogens is 346 g/mol. The van der Waals surface area contributed by atoms with Crippen LogP contribution in [0.5, 0.6) is 0 Å². The molecule has 0 fully saturated rings. The van der Waals surface area contributed by atoms with Crippen LogP contribution in [0.4, 0.5) is 11.6 Å². The average molecular weight is 353 g/mol. The van der Waals surface area contributed by atoms with E-state index in [-0.39, 0.29) is 11.2 Å². The summed E-state index contributed by atoms with van der Waals surface area (Å²) < 4.78 is 2.29. The summed E-state index contributed by atoms with van der Waals surface area (Å²) in [5, 5.41) is 7.08. The Labute approximate surface area is 127 Å². The van der Waals surface area contributed by atoms with Crippen LogP contribution in [0.2, 0.25) is 5.28 Å². The first-order valence-electron chi connectivity index (χ1n) is 5.50. The summed E-state index contributed by atoms with van der Waals surface area (Å²) >= 11 is 9.33. The molecule has 2 aromatic heterocycles. The van der Waals surface area contributed by atoms with Crippen LogP contribution in [0.15, 0.2) is 41.4 Å². The first-order valence-corrected chi connectivity index (χ1v) is 6.67. The Kier molecular flexibility index (Phi) is 3.57. The van der Waals surface area contributed by atoms with Gasteiger partial charge in [-0.1, -0.05) is 12.1 Å². The number of hydrogen-bond acceptors (Lipinski definition) is 6. The smallest absolute Gasteiger partial charge is 0.258 e. The van der Waals surface area contributed by atoms with Gasteiger partial charge in [0.2, 0.25) is 11.2 Å². The van der Waals surface area contributed by atoms with Gasteiger partial charge in [-0.15, -0.1) is 0 Å². The van der Waals surface area contributed by atoms with E-state index in [1.54, 1.807) is 0 Å². The molecule has 0 saturated carbocycles. The highest BCUT2D eigenvalue weighted by Gasteiger charge is 2.08. The van der Waals surface area contributed by atoms with E-state index in [0.29, 0.717) is 5.95 Å². The zero-order chi connectivity index (χ0) is 13.9. The van der Waals surface area contributed by atoms with Crippen molar-refractivity contribution in [3.05, 3.63) is 46.7 Å². The van der Waals surface area contributed by atoms with Gasteiger partial charge in [0, 0.05) is 4.47 Å². The Hall–Kier alpha value is -2.06. The summed E-state index contributed by atoms with van der Waals surface area (Å²) in [5.74, 6) is 0.611. The van der Waals surface area contributed by atoms with Gasteiger partial charge in [-0.05, 0) is 39.7 Å². The molecule has 0 unspecified atom stereocenters. The van der Waals surface area contributed by atoms with Crippen LogP contribution in [0.3, 0.4) is 0 Å². The SMILES string of the molecule is Clc1nc(Nc2ccccc2Br)nc(-n2cncn2)n1. The molecule has 3 rings (SSSR count). The number of anilines is 2. The van der Waals surface area contributed by atoms with E-state index in [2.05, 4.69) is 46.3 Å². The molecule has 9 heteroatoms. The third-order valence-electron chi connectivity index (χ3n) is 2.34. The number of aromatic nitrogens is 6. The molecule has 2 heterocycles. The molecule has 0 radical (unpaired) electrons. The maximum Gasteiger partial charge on any atom is 0.258 e. The fourth-order valence-electron chi connectivity index (χ4n) is 1.49. The highest BCUT2D eigenvalue weighted by Crippen LogP contribution is 2.24. The third kappa shape index (κ3) is 2.75. The van der Waals surface area contributed by atoms with E-state index >= 15 is 0 Å². The fourth-order valence-corrected chi connectivity index (χ4v) is 2.03. The number of rotatable bonds is 3. The summed E-state index contributed by atoms with van der Waals surface area (Å²) in [6, 6.07) is 7.60. The van der Waals surface area contributed by atoms with Crippen molar-refractivity contribution >= 4 is 39.2 Å². The number of nitrogens with zero attached hydrogens (tertiary/aromatic N) is 6. The minimum absolute atomic E-state index is 0.0695. The van der Waals surface area contributed by atoms with Crippen molar-refractivity contribution in [2.24, 2.45) is 0 Å². The Morgan fingerprint density at radius 2 is 2.00 bits per heavy atom. The van der Waals surface area contributed by atoms with Gasteiger partial charge in [0.05, 0.1) is 5.69 Å². The standard InChI is InChI=1S/C11H7BrClN7/c12-7-3-1-2-4-8(7)16-10-17-9(13)18-11(19-10)20-6-14-5-15-20/h1-6H,(H,16,17,18,19). The molecule has 3 aromatic rings. The Balaban J connectivity index is 1.97. The van der Waals surface area contributed by atoms with Crippen LogP contribution < -0.4 is 5.32 Å². The highest BCUT2D eigenvalue weighted by atomic mass is 79.9. The lowest BCUT2D eigenvalue weighted by molar-refractivity contribution is 0.796. The second-order valence-electron chi connectivity index (χ2n) is 3.67. The zero-order valence-electron chi connectivity index (χ0n) is 9.90. The van der Waals surface area contributed by atoms with E-state index in [1.807, 2.05) is 24.3 Å². The highest BCUT2D eigenvalue weighted by molar-refractivity contribution is 9.10. The van der Waals surface area contributed by atoms with Crippen molar-refractivity contribution in [1.82, 2.24) is 29.7 Å². The molecule has 0 spiro atoms. The molecule has 0 bridgehead atoms. The molecule has 20 heavy (non-hydrogen) atoms. The van der Waals surface area contributed by atoms with Gasteiger partial charge in [-0.3, -0.25) is 0 Å². The molecule has 0 amide bonds. The van der Waals surface area contributed by atoms with E-state index < -0.39 is 0 Å². The van der Waals surface area contributed by atoms with Crippen LogP contribution in [-0.2, 0) is 0 Å². The van der Waals surface area contributed by atoms with Crippen molar-refractivity contribution in [3.63, 3.8) is 0 Å². The van der Waals surface area contributed by atoms with Crippen LogP contribution in [0.25, 0.3) is 5.95 Å². The molecule has 7 nitrogen and oxygen atoms in total. The molecule has 0 aliphatic heterocycles. The fraction of sp³-hybridized carbons (Fsp3) is 0. The summed E-state index contributed by atoms with van der Waals surface area (Å²) in [5.41, 5.74) is 0.819. The van der Waals surface area contributed by atoms with Gasteiger partial charge in [0.1, 0.15) is 12.7 Å². The lowest BCUT2D eigenvalue weighted by Gasteiger charge is -2.07. The molecule has 1 N–H and O–H groups in total. The first kappa shape index (κ1) is 12.9. The van der Waals surface area contributed by atoms with Crippen LogP contribution >= 0.6 is 27.5 Å². The van der Waals surface area contributed by atoms with Crippen molar-refractivity contribution in [3.8, 4) is 5.95 Å². The van der Waals surface area contributed by atoms with Gasteiger partial charge >= 0.3 is 0 Å². The van der Waals surface area contributed by atoms with Crippen LogP contribution in [0.1, 0.15) is 0 Å². The molecule has 100 valence electrons. The van der Waals surface area contributed by atoms with Crippen molar-refractivity contribution in [1.29, 1.82) is 0 Å². The van der Waals surface area contributed by atoms with Crippen LogP contribution in [0, 0.1) is 0 Å². The summed E-state index contributed by atoms with van der Waals surface area (Å²) in [6.45, 7) is 0. The molecule has 0 aliphatic rings. The monoisotopic (exact) mass is 351 g/mol. The predicted molar refractivity (Wildman–Crippen MR) is 77.2 cm³/mol. The largest absolute Gasteiger partial charge is 0.323 e. The van der Waals surface area contributed by atoms with E-state index in [9.17, 15) is 0 Å². The van der Waals surface area contributed by atoms with Crippen LogP contribution in [-0.4, -0.2) is 29.7 Å². The maximum absolute atomic E-state index is 5.90. The molecule has 1 aromatic carbocycles. The number of nitrogens with one attached hydrogen (secondary N) is 1. The summed E-state index contributed by atoms with van der Waals surface area (Å²) in [4.78, 5) is 16.1. The summed E-state index contributed by atoms with van der Waals surface area (Å²) in [7, 11) is 0. The lowest BCUT2D eigenvalue weighted by Crippen LogP contribution is -2.07. The van der Waals surface area contributed by atoms with Crippen molar-refractivity contribution in [2.75, 3.05) is 5.32 Å². The minimum atomic E-state index is 0.0695. The quantitative estimate of drug-likeness (QED) is 0.780. The second-order valence-corrected chi connectivity index (χ2v) is 4.87. The third-order valence-corrected chi connectivity index (χ3v) is 3.20. The van der Waals surface area contributed by atoms with Crippen molar-refractivity contribution < 1.29 is 0 Å².